The molecule has 0 aliphatic heterocycles. The first-order chi connectivity index (χ1) is 7.28. The van der Waals surface area contributed by atoms with Crippen molar-refractivity contribution in [2.45, 2.75) is 33.6 Å². The van der Waals surface area contributed by atoms with Crippen LogP contribution in [0.15, 0.2) is 18.2 Å². The van der Waals surface area contributed by atoms with Crippen molar-refractivity contribution in [1.82, 2.24) is 0 Å². The Morgan fingerprint density at radius 2 is 1.81 bits per heavy atom. The molecule has 0 unspecified atom stereocenters. The molecule has 0 saturated carbocycles. The van der Waals surface area contributed by atoms with Crippen molar-refractivity contribution in [2.75, 3.05) is 0 Å². The summed E-state index contributed by atoms with van der Waals surface area (Å²) < 4.78 is 25.5. The highest BCUT2D eigenvalue weighted by molar-refractivity contribution is 5.81. The first-order valence-electron chi connectivity index (χ1n) is 5.23. The molecule has 0 amide bonds. The Kier molecular flexibility index (Phi) is 3.79. The van der Waals surface area contributed by atoms with E-state index in [2.05, 4.69) is 0 Å². The number of ketones is 1. The van der Waals surface area contributed by atoms with Gasteiger partial charge in [0.1, 0.15) is 5.78 Å². The van der Waals surface area contributed by atoms with Crippen molar-refractivity contribution >= 4 is 5.78 Å². The maximum atomic E-state index is 12.9. The average molecular weight is 226 g/mol. The van der Waals surface area contributed by atoms with Crippen molar-refractivity contribution in [2.24, 2.45) is 5.41 Å². The van der Waals surface area contributed by atoms with Crippen molar-refractivity contribution in [3.05, 3.63) is 35.4 Å². The van der Waals surface area contributed by atoms with Crippen molar-refractivity contribution in [3.63, 3.8) is 0 Å². The van der Waals surface area contributed by atoms with Crippen LogP contribution in [0, 0.1) is 17.0 Å². The second-order valence-corrected chi connectivity index (χ2v) is 5.20. The summed E-state index contributed by atoms with van der Waals surface area (Å²) in [5.74, 6) is -1.74. The number of carbonyl (C=O) groups is 1. The van der Waals surface area contributed by atoms with E-state index < -0.39 is 11.6 Å². The molecular weight excluding hydrogens is 210 g/mol. The van der Waals surface area contributed by atoms with Crippen LogP contribution in [-0.4, -0.2) is 5.78 Å². The highest BCUT2D eigenvalue weighted by Crippen LogP contribution is 2.20. The van der Waals surface area contributed by atoms with E-state index in [1.807, 2.05) is 20.8 Å². The van der Waals surface area contributed by atoms with Gasteiger partial charge in [-0.2, -0.15) is 0 Å². The second kappa shape index (κ2) is 4.73. The molecule has 0 N–H and O–H groups in total. The van der Waals surface area contributed by atoms with E-state index in [-0.39, 0.29) is 17.6 Å². The second-order valence-electron chi connectivity index (χ2n) is 5.20. The van der Waals surface area contributed by atoms with Crippen LogP contribution in [-0.2, 0) is 11.2 Å². The number of halogens is 2. The SMILES string of the molecule is CC(C)(C)CC(=O)Cc1ccc(F)c(F)c1. The van der Waals surface area contributed by atoms with E-state index in [9.17, 15) is 13.6 Å². The molecule has 0 fully saturated rings. The quantitative estimate of drug-likeness (QED) is 0.770. The monoisotopic (exact) mass is 226 g/mol. The molecular formula is C13H16F2O. The smallest absolute Gasteiger partial charge is 0.159 e. The summed E-state index contributed by atoms with van der Waals surface area (Å²) in [5, 5.41) is 0. The predicted molar refractivity (Wildman–Crippen MR) is 59.1 cm³/mol. The van der Waals surface area contributed by atoms with E-state index in [1.165, 1.54) is 6.07 Å². The Labute approximate surface area is 94.5 Å². The zero-order chi connectivity index (χ0) is 12.3. The number of Topliss-reactive ketones (excluding diaryl/α,β-unsaturated/α-hetero) is 1. The lowest BCUT2D eigenvalue weighted by Crippen LogP contribution is -2.14. The van der Waals surface area contributed by atoms with Gasteiger partial charge in [-0.1, -0.05) is 26.8 Å². The Morgan fingerprint density at radius 3 is 2.31 bits per heavy atom. The van der Waals surface area contributed by atoms with Crippen molar-refractivity contribution in [1.29, 1.82) is 0 Å². The van der Waals surface area contributed by atoms with E-state index >= 15 is 0 Å². The molecule has 1 nitrogen and oxygen atoms in total. The van der Waals surface area contributed by atoms with Crippen LogP contribution in [0.5, 0.6) is 0 Å². The molecule has 0 aromatic heterocycles. The molecule has 0 radical (unpaired) electrons. The fourth-order valence-corrected chi connectivity index (χ4v) is 1.53. The minimum Gasteiger partial charge on any atom is -0.299 e. The van der Waals surface area contributed by atoms with Gasteiger partial charge in [0.2, 0.25) is 0 Å². The highest BCUT2D eigenvalue weighted by atomic mass is 19.2. The van der Waals surface area contributed by atoms with Gasteiger partial charge >= 0.3 is 0 Å². The van der Waals surface area contributed by atoms with E-state index in [0.29, 0.717) is 12.0 Å². The van der Waals surface area contributed by atoms with Gasteiger partial charge in [0.05, 0.1) is 0 Å². The van der Waals surface area contributed by atoms with Crippen LogP contribution >= 0.6 is 0 Å². The number of benzene rings is 1. The maximum absolute atomic E-state index is 12.9. The predicted octanol–water partition coefficient (Wildman–Crippen LogP) is 3.51. The molecule has 0 aliphatic rings. The summed E-state index contributed by atoms with van der Waals surface area (Å²) in [4.78, 5) is 11.6. The molecule has 16 heavy (non-hydrogen) atoms. The van der Waals surface area contributed by atoms with E-state index in [0.717, 1.165) is 12.1 Å². The van der Waals surface area contributed by atoms with Gasteiger partial charge in [-0.15, -0.1) is 0 Å². The summed E-state index contributed by atoms with van der Waals surface area (Å²) in [5.41, 5.74) is 0.448. The van der Waals surface area contributed by atoms with Gasteiger partial charge in [-0.05, 0) is 23.1 Å². The van der Waals surface area contributed by atoms with Crippen LogP contribution in [0.1, 0.15) is 32.8 Å². The van der Waals surface area contributed by atoms with E-state index in [1.54, 1.807) is 0 Å². The lowest BCUT2D eigenvalue weighted by atomic mass is 9.88. The van der Waals surface area contributed by atoms with Gasteiger partial charge in [0.25, 0.3) is 0 Å². The molecule has 88 valence electrons. The largest absolute Gasteiger partial charge is 0.299 e. The molecule has 1 aromatic carbocycles. The normalized spacial score (nSPS) is 11.6. The fourth-order valence-electron chi connectivity index (χ4n) is 1.53. The van der Waals surface area contributed by atoms with Crippen molar-refractivity contribution < 1.29 is 13.6 Å². The van der Waals surface area contributed by atoms with Crippen LogP contribution in [0.25, 0.3) is 0 Å². The number of hydrogen-bond acceptors (Lipinski definition) is 1. The average Bonchev–Trinajstić information content (AvgIpc) is 2.08. The highest BCUT2D eigenvalue weighted by Gasteiger charge is 2.16. The van der Waals surface area contributed by atoms with Gasteiger partial charge in [-0.3, -0.25) is 4.79 Å². The third-order valence-electron chi connectivity index (χ3n) is 2.11. The fraction of sp³-hybridized carbons (Fsp3) is 0.462. The number of carbonyl (C=O) groups excluding carboxylic acids is 1. The Morgan fingerprint density at radius 1 is 1.19 bits per heavy atom. The summed E-state index contributed by atoms with van der Waals surface area (Å²) in [6, 6.07) is 3.57. The lowest BCUT2D eigenvalue weighted by Gasteiger charge is -2.16. The van der Waals surface area contributed by atoms with Crippen LogP contribution in [0.2, 0.25) is 0 Å². The third-order valence-corrected chi connectivity index (χ3v) is 2.11. The zero-order valence-electron chi connectivity index (χ0n) is 9.81. The summed E-state index contributed by atoms with van der Waals surface area (Å²) in [6.07, 6.45) is 0.598. The Hall–Kier alpha value is -1.25. The zero-order valence-corrected chi connectivity index (χ0v) is 9.81. The van der Waals surface area contributed by atoms with Gasteiger partial charge in [-0.25, -0.2) is 8.78 Å². The Bertz CT molecular complexity index is 391. The minimum atomic E-state index is -0.902. The summed E-state index contributed by atoms with van der Waals surface area (Å²) in [7, 11) is 0. The first kappa shape index (κ1) is 12.8. The molecule has 1 aromatic rings. The lowest BCUT2D eigenvalue weighted by molar-refractivity contribution is -0.120. The topological polar surface area (TPSA) is 17.1 Å². The molecule has 0 spiro atoms. The van der Waals surface area contributed by atoms with Gasteiger partial charge in [0, 0.05) is 12.8 Å². The van der Waals surface area contributed by atoms with Gasteiger partial charge in [0.15, 0.2) is 11.6 Å². The van der Waals surface area contributed by atoms with E-state index in [4.69, 9.17) is 0 Å². The molecule has 0 saturated heterocycles. The molecule has 1 rings (SSSR count). The summed E-state index contributed by atoms with van der Waals surface area (Å²) in [6.45, 7) is 5.91. The standard InChI is InChI=1S/C13H16F2O/c1-13(2,3)8-10(16)6-9-4-5-11(14)12(15)7-9/h4-5,7H,6,8H2,1-3H3. The Balaban J connectivity index is 2.67. The van der Waals surface area contributed by atoms with Crippen LogP contribution in [0.4, 0.5) is 8.78 Å². The molecule has 0 atom stereocenters. The number of rotatable bonds is 3. The molecule has 0 aliphatic carbocycles. The molecule has 0 bridgehead atoms. The van der Waals surface area contributed by atoms with Gasteiger partial charge < -0.3 is 0 Å². The first-order valence-corrected chi connectivity index (χ1v) is 5.23. The molecule has 3 heteroatoms. The maximum Gasteiger partial charge on any atom is 0.159 e. The summed E-state index contributed by atoms with van der Waals surface area (Å²) >= 11 is 0. The van der Waals surface area contributed by atoms with Crippen LogP contribution in [0.3, 0.4) is 0 Å². The van der Waals surface area contributed by atoms with Crippen LogP contribution < -0.4 is 0 Å². The minimum absolute atomic E-state index is 0.0403. The number of hydrogen-bond donors (Lipinski definition) is 0. The third kappa shape index (κ3) is 4.09. The van der Waals surface area contributed by atoms with Crippen molar-refractivity contribution in [3.8, 4) is 0 Å². The molecule has 0 heterocycles.